The Labute approximate surface area is 155 Å². The molecular formula is C19H18FN3O2S. The first-order valence-electron chi connectivity index (χ1n) is 8.38. The molecule has 0 fully saturated rings. The number of benzene rings is 2. The zero-order valence-electron chi connectivity index (χ0n) is 14.3. The van der Waals surface area contributed by atoms with Crippen molar-refractivity contribution in [3.63, 3.8) is 0 Å². The first kappa shape index (κ1) is 16.9. The third kappa shape index (κ3) is 3.39. The van der Waals surface area contributed by atoms with Crippen LogP contribution in [0.1, 0.15) is 12.0 Å². The summed E-state index contributed by atoms with van der Waals surface area (Å²) in [6.07, 6.45) is 0.866. The van der Waals surface area contributed by atoms with Crippen LogP contribution in [0.4, 0.5) is 4.39 Å². The van der Waals surface area contributed by atoms with Crippen LogP contribution in [0.3, 0.4) is 0 Å². The molecule has 0 radical (unpaired) electrons. The Balaban J connectivity index is 1.56. The Kier molecular flexibility index (Phi) is 4.79. The monoisotopic (exact) mass is 371 g/mol. The predicted octanol–water partition coefficient (Wildman–Crippen LogP) is 4.07. The molecule has 0 saturated heterocycles. The summed E-state index contributed by atoms with van der Waals surface area (Å²) in [5, 5.41) is 9.28. The summed E-state index contributed by atoms with van der Waals surface area (Å²) in [6.45, 7) is 1.30. The summed E-state index contributed by atoms with van der Waals surface area (Å²) in [6, 6.07) is 12.5. The van der Waals surface area contributed by atoms with Crippen molar-refractivity contribution in [1.82, 2.24) is 14.8 Å². The molecule has 0 N–H and O–H groups in total. The highest BCUT2D eigenvalue weighted by molar-refractivity contribution is 7.98. The van der Waals surface area contributed by atoms with Crippen molar-refractivity contribution < 1.29 is 13.9 Å². The molecule has 0 amide bonds. The highest BCUT2D eigenvalue weighted by Gasteiger charge is 2.16. The zero-order valence-corrected chi connectivity index (χ0v) is 15.1. The third-order valence-corrected chi connectivity index (χ3v) is 5.22. The zero-order chi connectivity index (χ0) is 17.9. The van der Waals surface area contributed by atoms with Gasteiger partial charge in [0, 0.05) is 24.8 Å². The molecule has 2 heterocycles. The molecule has 0 aliphatic carbocycles. The minimum atomic E-state index is -0.203. The van der Waals surface area contributed by atoms with Crippen molar-refractivity contribution in [3.8, 4) is 22.9 Å². The number of aromatic nitrogens is 3. The molecule has 0 bridgehead atoms. The second-order valence-electron chi connectivity index (χ2n) is 5.96. The minimum absolute atomic E-state index is 0.203. The van der Waals surface area contributed by atoms with Crippen LogP contribution in [-0.2, 0) is 12.8 Å². The number of hydrogen-bond donors (Lipinski definition) is 0. The van der Waals surface area contributed by atoms with Crippen LogP contribution in [0.15, 0.2) is 47.6 Å². The first-order chi connectivity index (χ1) is 12.7. The van der Waals surface area contributed by atoms with Crippen LogP contribution < -0.4 is 9.47 Å². The highest BCUT2D eigenvalue weighted by Crippen LogP contribution is 2.34. The van der Waals surface area contributed by atoms with Gasteiger partial charge in [-0.1, -0.05) is 30.0 Å². The van der Waals surface area contributed by atoms with E-state index >= 15 is 0 Å². The van der Waals surface area contributed by atoms with Crippen LogP contribution in [0.2, 0.25) is 0 Å². The van der Waals surface area contributed by atoms with Crippen molar-refractivity contribution >= 4 is 11.8 Å². The minimum Gasteiger partial charge on any atom is -0.490 e. The van der Waals surface area contributed by atoms with Gasteiger partial charge < -0.3 is 14.0 Å². The standard InChI is InChI=1S/C19H18FN3O2S/c1-23-18(13-7-8-16-17(11-13)25-10-4-9-24-16)21-22-19(23)26-12-14-5-2-3-6-15(14)20/h2-3,5-8,11H,4,9-10,12H2,1H3. The van der Waals surface area contributed by atoms with Gasteiger partial charge in [0.1, 0.15) is 5.82 Å². The van der Waals surface area contributed by atoms with Gasteiger partial charge in [-0.3, -0.25) is 0 Å². The van der Waals surface area contributed by atoms with E-state index in [1.807, 2.05) is 35.9 Å². The smallest absolute Gasteiger partial charge is 0.191 e. The maximum atomic E-state index is 13.8. The van der Waals surface area contributed by atoms with E-state index in [1.165, 1.54) is 17.8 Å². The first-order valence-corrected chi connectivity index (χ1v) is 9.36. The predicted molar refractivity (Wildman–Crippen MR) is 98.0 cm³/mol. The van der Waals surface area contributed by atoms with Gasteiger partial charge in [-0.25, -0.2) is 4.39 Å². The normalized spacial score (nSPS) is 13.5. The van der Waals surface area contributed by atoms with Crippen molar-refractivity contribution in [1.29, 1.82) is 0 Å². The molecule has 0 atom stereocenters. The number of fused-ring (bicyclic) bond motifs is 1. The molecule has 26 heavy (non-hydrogen) atoms. The molecule has 0 unspecified atom stereocenters. The molecule has 0 saturated carbocycles. The Morgan fingerprint density at radius 2 is 1.88 bits per heavy atom. The molecular weight excluding hydrogens is 353 g/mol. The summed E-state index contributed by atoms with van der Waals surface area (Å²) < 4.78 is 27.1. The van der Waals surface area contributed by atoms with E-state index in [1.54, 1.807) is 12.1 Å². The SMILES string of the molecule is Cn1c(SCc2ccccc2F)nnc1-c1ccc2c(c1)OCCCO2. The quantitative estimate of drug-likeness (QED) is 0.647. The van der Waals surface area contributed by atoms with Gasteiger partial charge in [0.2, 0.25) is 0 Å². The van der Waals surface area contributed by atoms with Crippen molar-refractivity contribution in [2.75, 3.05) is 13.2 Å². The lowest BCUT2D eigenvalue weighted by Gasteiger charge is -2.09. The average Bonchev–Trinajstić information content (AvgIpc) is 2.87. The molecule has 2 aromatic carbocycles. The summed E-state index contributed by atoms with van der Waals surface area (Å²) in [5.41, 5.74) is 1.56. The third-order valence-electron chi connectivity index (χ3n) is 4.16. The van der Waals surface area contributed by atoms with Gasteiger partial charge in [-0.15, -0.1) is 10.2 Å². The molecule has 1 aromatic heterocycles. The van der Waals surface area contributed by atoms with Crippen LogP contribution in [0.5, 0.6) is 11.5 Å². The maximum Gasteiger partial charge on any atom is 0.191 e. The summed E-state index contributed by atoms with van der Waals surface area (Å²) in [5.74, 6) is 2.51. The lowest BCUT2D eigenvalue weighted by molar-refractivity contribution is 0.297. The number of ether oxygens (including phenoxy) is 2. The van der Waals surface area contributed by atoms with E-state index in [4.69, 9.17) is 9.47 Å². The van der Waals surface area contributed by atoms with Crippen LogP contribution in [0, 0.1) is 5.82 Å². The summed E-state index contributed by atoms with van der Waals surface area (Å²) >= 11 is 1.46. The van der Waals surface area contributed by atoms with E-state index in [0.717, 1.165) is 34.5 Å². The van der Waals surface area contributed by atoms with Crippen LogP contribution >= 0.6 is 11.8 Å². The fourth-order valence-electron chi connectivity index (χ4n) is 2.75. The van der Waals surface area contributed by atoms with Crippen molar-refractivity contribution in [2.24, 2.45) is 7.05 Å². The maximum absolute atomic E-state index is 13.8. The fraction of sp³-hybridized carbons (Fsp3) is 0.263. The highest BCUT2D eigenvalue weighted by atomic mass is 32.2. The second kappa shape index (κ2) is 7.37. The number of halogens is 1. The molecule has 134 valence electrons. The van der Waals surface area contributed by atoms with E-state index in [0.29, 0.717) is 24.5 Å². The van der Waals surface area contributed by atoms with E-state index in [-0.39, 0.29) is 5.82 Å². The number of hydrogen-bond acceptors (Lipinski definition) is 5. The van der Waals surface area contributed by atoms with E-state index < -0.39 is 0 Å². The molecule has 3 aromatic rings. The largest absolute Gasteiger partial charge is 0.490 e. The van der Waals surface area contributed by atoms with Crippen LogP contribution in [0.25, 0.3) is 11.4 Å². The van der Waals surface area contributed by atoms with Gasteiger partial charge in [0.25, 0.3) is 0 Å². The summed E-state index contributed by atoms with van der Waals surface area (Å²) in [4.78, 5) is 0. The molecule has 0 spiro atoms. The topological polar surface area (TPSA) is 49.2 Å². The average molecular weight is 371 g/mol. The van der Waals surface area contributed by atoms with Gasteiger partial charge >= 0.3 is 0 Å². The van der Waals surface area contributed by atoms with E-state index in [9.17, 15) is 4.39 Å². The molecule has 5 nitrogen and oxygen atoms in total. The lowest BCUT2D eigenvalue weighted by Crippen LogP contribution is -1.97. The van der Waals surface area contributed by atoms with Crippen molar-refractivity contribution in [2.45, 2.75) is 17.3 Å². The van der Waals surface area contributed by atoms with Gasteiger partial charge in [-0.05, 0) is 29.8 Å². The Hall–Kier alpha value is -2.54. The second-order valence-corrected chi connectivity index (χ2v) is 6.90. The summed E-state index contributed by atoms with van der Waals surface area (Å²) in [7, 11) is 1.90. The fourth-order valence-corrected chi connectivity index (χ4v) is 3.65. The molecule has 7 heteroatoms. The number of rotatable bonds is 4. The van der Waals surface area contributed by atoms with Crippen LogP contribution in [-0.4, -0.2) is 28.0 Å². The number of thioether (sulfide) groups is 1. The Bertz CT molecular complexity index is 929. The van der Waals surface area contributed by atoms with Gasteiger partial charge in [-0.2, -0.15) is 0 Å². The molecule has 1 aliphatic rings. The number of nitrogens with zero attached hydrogens (tertiary/aromatic N) is 3. The van der Waals surface area contributed by atoms with E-state index in [2.05, 4.69) is 10.2 Å². The Morgan fingerprint density at radius 1 is 1.08 bits per heavy atom. The molecule has 1 aliphatic heterocycles. The Morgan fingerprint density at radius 3 is 2.73 bits per heavy atom. The van der Waals surface area contributed by atoms with Crippen molar-refractivity contribution in [3.05, 3.63) is 53.8 Å². The van der Waals surface area contributed by atoms with Gasteiger partial charge in [0.15, 0.2) is 22.5 Å². The molecule has 4 rings (SSSR count). The van der Waals surface area contributed by atoms with Gasteiger partial charge in [0.05, 0.1) is 13.2 Å². The lowest BCUT2D eigenvalue weighted by atomic mass is 10.2.